The summed E-state index contributed by atoms with van der Waals surface area (Å²) in [6.45, 7) is 7.49. The predicted octanol–water partition coefficient (Wildman–Crippen LogP) is 4.30. The highest BCUT2D eigenvalue weighted by atomic mass is 33.1. The lowest BCUT2D eigenvalue weighted by Gasteiger charge is -2.19. The first-order valence-corrected chi connectivity index (χ1v) is 13.5. The van der Waals surface area contributed by atoms with Gasteiger partial charge in [0.05, 0.1) is 19.6 Å². The van der Waals surface area contributed by atoms with E-state index >= 15 is 0 Å². The molecule has 0 saturated heterocycles. The topological polar surface area (TPSA) is 76.1 Å². The first-order chi connectivity index (χ1) is 14.1. The SMILES string of the molecule is CCCSSCCCCCC(=O)OCCCOC(=O)CCN(CC)CCCCO. The van der Waals surface area contributed by atoms with Crippen molar-refractivity contribution in [2.24, 2.45) is 0 Å². The van der Waals surface area contributed by atoms with E-state index in [9.17, 15) is 9.59 Å². The molecule has 172 valence electrons. The second kappa shape index (κ2) is 22.2. The smallest absolute Gasteiger partial charge is 0.307 e. The van der Waals surface area contributed by atoms with E-state index in [4.69, 9.17) is 14.6 Å². The third-order valence-electron chi connectivity index (χ3n) is 4.26. The highest BCUT2D eigenvalue weighted by molar-refractivity contribution is 8.76. The highest BCUT2D eigenvalue weighted by Crippen LogP contribution is 2.23. The van der Waals surface area contributed by atoms with Crippen LogP contribution in [0.3, 0.4) is 0 Å². The van der Waals surface area contributed by atoms with Gasteiger partial charge in [-0.1, -0.05) is 41.9 Å². The maximum atomic E-state index is 11.8. The van der Waals surface area contributed by atoms with E-state index < -0.39 is 0 Å². The van der Waals surface area contributed by atoms with E-state index in [1.54, 1.807) is 0 Å². The summed E-state index contributed by atoms with van der Waals surface area (Å²) >= 11 is 0. The third kappa shape index (κ3) is 20.6. The molecule has 0 bridgehead atoms. The van der Waals surface area contributed by atoms with Crippen LogP contribution in [0.1, 0.15) is 71.6 Å². The van der Waals surface area contributed by atoms with Gasteiger partial charge in [0.15, 0.2) is 0 Å². The number of unbranched alkanes of at least 4 members (excludes halogenated alkanes) is 3. The Morgan fingerprint density at radius 3 is 2.14 bits per heavy atom. The summed E-state index contributed by atoms with van der Waals surface area (Å²) in [7, 11) is 3.84. The molecule has 0 aromatic rings. The Morgan fingerprint density at radius 2 is 1.48 bits per heavy atom. The lowest BCUT2D eigenvalue weighted by molar-refractivity contribution is -0.146. The number of aliphatic hydroxyl groups excluding tert-OH is 1. The maximum absolute atomic E-state index is 11.8. The second-order valence-corrected chi connectivity index (χ2v) is 9.57. The van der Waals surface area contributed by atoms with Crippen molar-refractivity contribution in [2.75, 3.05) is 51.0 Å². The Hall–Kier alpha value is -0.440. The number of carbonyl (C=O) groups is 2. The van der Waals surface area contributed by atoms with Crippen LogP contribution in [0.15, 0.2) is 0 Å². The van der Waals surface area contributed by atoms with Crippen molar-refractivity contribution < 1.29 is 24.2 Å². The average Bonchev–Trinajstić information content (AvgIpc) is 2.72. The molecule has 8 heteroatoms. The Kier molecular flexibility index (Phi) is 21.9. The van der Waals surface area contributed by atoms with Gasteiger partial charge in [-0.3, -0.25) is 9.59 Å². The first-order valence-electron chi connectivity index (χ1n) is 11.0. The molecule has 29 heavy (non-hydrogen) atoms. The van der Waals surface area contributed by atoms with Crippen molar-refractivity contribution in [1.29, 1.82) is 0 Å². The minimum atomic E-state index is -0.216. The van der Waals surface area contributed by atoms with Crippen LogP contribution in [-0.2, 0) is 19.1 Å². The van der Waals surface area contributed by atoms with E-state index in [-0.39, 0.29) is 25.2 Å². The van der Waals surface area contributed by atoms with Crippen molar-refractivity contribution in [3.05, 3.63) is 0 Å². The monoisotopic (exact) mass is 451 g/mol. The molecule has 0 aliphatic rings. The molecule has 0 saturated carbocycles. The standard InChI is InChI=1S/C21H41NO5S2/c1-3-18-28-29-19-9-5-6-11-20(24)26-16-10-17-27-21(25)12-14-22(4-2)13-7-8-15-23/h23H,3-19H2,1-2H3. The molecule has 0 aliphatic carbocycles. The summed E-state index contributed by atoms with van der Waals surface area (Å²) in [5, 5.41) is 8.82. The molecule has 0 rings (SSSR count). The zero-order chi connectivity index (χ0) is 21.6. The fourth-order valence-electron chi connectivity index (χ4n) is 2.51. The molecule has 0 aromatic heterocycles. The average molecular weight is 452 g/mol. The van der Waals surface area contributed by atoms with Crippen molar-refractivity contribution in [3.63, 3.8) is 0 Å². The van der Waals surface area contributed by atoms with Gasteiger partial charge < -0.3 is 19.5 Å². The van der Waals surface area contributed by atoms with Gasteiger partial charge in [0, 0.05) is 37.5 Å². The van der Waals surface area contributed by atoms with E-state index in [0.29, 0.717) is 32.4 Å². The summed E-state index contributed by atoms with van der Waals surface area (Å²) in [6, 6.07) is 0. The number of rotatable bonds is 21. The number of nitrogens with zero attached hydrogens (tertiary/aromatic N) is 1. The van der Waals surface area contributed by atoms with Gasteiger partial charge in [0.2, 0.25) is 0 Å². The third-order valence-corrected chi connectivity index (χ3v) is 6.95. The fourth-order valence-corrected chi connectivity index (χ4v) is 4.79. The van der Waals surface area contributed by atoms with Gasteiger partial charge in [0.1, 0.15) is 0 Å². The summed E-state index contributed by atoms with van der Waals surface area (Å²) in [6.07, 6.45) is 7.38. The number of carbonyl (C=O) groups excluding carboxylic acids is 2. The fraction of sp³-hybridized carbons (Fsp3) is 0.905. The van der Waals surface area contributed by atoms with Crippen molar-refractivity contribution >= 4 is 33.5 Å². The van der Waals surface area contributed by atoms with Crippen molar-refractivity contribution in [3.8, 4) is 0 Å². The molecule has 0 radical (unpaired) electrons. The van der Waals surface area contributed by atoms with Crippen LogP contribution in [0.5, 0.6) is 0 Å². The van der Waals surface area contributed by atoms with E-state index in [2.05, 4.69) is 18.7 Å². The summed E-state index contributed by atoms with van der Waals surface area (Å²) in [5.74, 6) is 1.97. The van der Waals surface area contributed by atoms with Crippen LogP contribution >= 0.6 is 21.6 Å². The molecule has 0 heterocycles. The summed E-state index contributed by atoms with van der Waals surface area (Å²) in [4.78, 5) is 25.6. The number of hydrogen-bond acceptors (Lipinski definition) is 8. The molecule has 0 amide bonds. The Labute approximate surface area is 185 Å². The van der Waals surface area contributed by atoms with Gasteiger partial charge in [-0.25, -0.2) is 0 Å². The molecular weight excluding hydrogens is 410 g/mol. The minimum Gasteiger partial charge on any atom is -0.466 e. The normalized spacial score (nSPS) is 11.0. The van der Waals surface area contributed by atoms with E-state index in [0.717, 1.165) is 50.9 Å². The number of esters is 2. The predicted molar refractivity (Wildman–Crippen MR) is 123 cm³/mol. The van der Waals surface area contributed by atoms with Crippen molar-refractivity contribution in [2.45, 2.75) is 71.6 Å². The van der Waals surface area contributed by atoms with Crippen LogP contribution in [0.4, 0.5) is 0 Å². The summed E-state index contributed by atoms with van der Waals surface area (Å²) < 4.78 is 10.4. The van der Waals surface area contributed by atoms with Gasteiger partial charge in [-0.2, -0.15) is 0 Å². The molecular formula is C21H41NO5S2. The molecule has 0 spiro atoms. The van der Waals surface area contributed by atoms with Crippen LogP contribution in [0.2, 0.25) is 0 Å². The minimum absolute atomic E-state index is 0.161. The van der Waals surface area contributed by atoms with Gasteiger partial charge in [0.25, 0.3) is 0 Å². The first kappa shape index (κ1) is 28.6. The van der Waals surface area contributed by atoms with Crippen LogP contribution in [-0.4, -0.2) is 72.9 Å². The molecule has 1 N–H and O–H groups in total. The quantitative estimate of drug-likeness (QED) is 0.157. The molecule has 0 aromatic carbocycles. The molecule has 0 atom stereocenters. The van der Waals surface area contributed by atoms with E-state index in [1.807, 2.05) is 21.6 Å². The second-order valence-electron chi connectivity index (χ2n) is 6.86. The number of hydrogen-bond donors (Lipinski definition) is 1. The van der Waals surface area contributed by atoms with Crippen LogP contribution in [0.25, 0.3) is 0 Å². The van der Waals surface area contributed by atoms with Gasteiger partial charge in [-0.05, 0) is 45.2 Å². The maximum Gasteiger partial charge on any atom is 0.307 e. The van der Waals surface area contributed by atoms with E-state index in [1.165, 1.54) is 12.2 Å². The van der Waals surface area contributed by atoms with Gasteiger partial charge >= 0.3 is 11.9 Å². The lowest BCUT2D eigenvalue weighted by Crippen LogP contribution is -2.28. The largest absolute Gasteiger partial charge is 0.466 e. The molecule has 6 nitrogen and oxygen atoms in total. The molecule has 0 aliphatic heterocycles. The molecule has 0 unspecified atom stereocenters. The zero-order valence-electron chi connectivity index (χ0n) is 18.4. The zero-order valence-corrected chi connectivity index (χ0v) is 20.0. The lowest BCUT2D eigenvalue weighted by atomic mass is 10.2. The van der Waals surface area contributed by atoms with Crippen LogP contribution in [0, 0.1) is 0 Å². The Bertz CT molecular complexity index is 399. The highest BCUT2D eigenvalue weighted by Gasteiger charge is 2.08. The van der Waals surface area contributed by atoms with Crippen molar-refractivity contribution in [1.82, 2.24) is 4.90 Å². The number of aliphatic hydroxyl groups is 1. The number of ether oxygens (including phenoxy) is 2. The Balaban J connectivity index is 3.48. The summed E-state index contributed by atoms with van der Waals surface area (Å²) in [5.41, 5.74) is 0. The van der Waals surface area contributed by atoms with Crippen LogP contribution < -0.4 is 0 Å². The molecule has 0 fully saturated rings. The Morgan fingerprint density at radius 1 is 0.793 bits per heavy atom. The van der Waals surface area contributed by atoms with Gasteiger partial charge in [-0.15, -0.1) is 0 Å².